The third-order valence-corrected chi connectivity index (χ3v) is 2.77. The normalized spacial score (nSPS) is 10.7. The van der Waals surface area contributed by atoms with Crippen LogP contribution in [0.15, 0.2) is 24.3 Å². The van der Waals surface area contributed by atoms with Crippen molar-refractivity contribution in [1.82, 2.24) is 9.97 Å². The monoisotopic (exact) mass is 274 g/mol. The molecule has 1 N–H and O–H groups in total. The molecule has 20 heavy (non-hydrogen) atoms. The summed E-state index contributed by atoms with van der Waals surface area (Å²) in [5.41, 5.74) is 1.78. The maximum atomic E-state index is 11.6. The zero-order chi connectivity index (χ0) is 14.7. The summed E-state index contributed by atoms with van der Waals surface area (Å²) in [5.74, 6) is 0.874. The van der Waals surface area contributed by atoms with E-state index in [0.717, 1.165) is 11.3 Å². The lowest BCUT2D eigenvalue weighted by molar-refractivity contribution is 0.0594. The second-order valence-electron chi connectivity index (χ2n) is 4.71. The van der Waals surface area contributed by atoms with Crippen molar-refractivity contribution in [2.24, 2.45) is 0 Å². The van der Waals surface area contributed by atoms with Gasteiger partial charge in [-0.25, -0.2) is 9.78 Å². The molecular formula is C15H18N2O3. The molecule has 0 unspecified atom stereocenters. The first-order valence-electron chi connectivity index (χ1n) is 6.44. The van der Waals surface area contributed by atoms with Gasteiger partial charge < -0.3 is 14.5 Å². The smallest absolute Gasteiger partial charge is 0.358 e. The molecule has 106 valence electrons. The summed E-state index contributed by atoms with van der Waals surface area (Å²) in [6.07, 6.45) is 0.0623. The number of aromatic nitrogens is 2. The quantitative estimate of drug-likeness (QED) is 0.871. The number of nitrogens with one attached hydrogen (secondary N) is 1. The molecule has 0 spiro atoms. The molecule has 0 aliphatic rings. The number of nitrogens with zero attached hydrogens (tertiary/aromatic N) is 1. The Morgan fingerprint density at radius 1 is 1.30 bits per heavy atom. The number of ether oxygens (including phenoxy) is 2. The largest absolute Gasteiger partial charge is 0.490 e. The van der Waals surface area contributed by atoms with Crippen molar-refractivity contribution in [3.63, 3.8) is 0 Å². The summed E-state index contributed by atoms with van der Waals surface area (Å²) in [5, 5.41) is 0. The third-order valence-electron chi connectivity index (χ3n) is 2.77. The zero-order valence-corrected chi connectivity index (χ0v) is 12.1. The van der Waals surface area contributed by atoms with E-state index in [1.165, 1.54) is 7.11 Å². The summed E-state index contributed by atoms with van der Waals surface area (Å²) in [4.78, 5) is 19.0. The van der Waals surface area contributed by atoms with Crippen LogP contribution in [-0.2, 0) is 4.74 Å². The van der Waals surface area contributed by atoms with Crippen LogP contribution < -0.4 is 4.74 Å². The molecule has 5 heteroatoms. The molecule has 5 nitrogen and oxygen atoms in total. The summed E-state index contributed by atoms with van der Waals surface area (Å²) in [6, 6.07) is 7.58. The van der Waals surface area contributed by atoms with E-state index in [1.54, 1.807) is 6.92 Å². The molecule has 0 atom stereocenters. The van der Waals surface area contributed by atoms with Crippen molar-refractivity contribution in [3.05, 3.63) is 35.7 Å². The Hall–Kier alpha value is -2.30. The van der Waals surface area contributed by atoms with Crippen LogP contribution in [0.5, 0.6) is 5.75 Å². The van der Waals surface area contributed by atoms with E-state index in [4.69, 9.17) is 9.47 Å². The lowest BCUT2D eigenvalue weighted by Crippen LogP contribution is -2.06. The highest BCUT2D eigenvalue weighted by Crippen LogP contribution is 2.29. The number of carbonyl (C=O) groups excluding carboxylic acids is 1. The molecule has 0 fully saturated rings. The van der Waals surface area contributed by atoms with Gasteiger partial charge in [-0.15, -0.1) is 0 Å². The molecular weight excluding hydrogens is 256 g/mol. The van der Waals surface area contributed by atoms with Crippen LogP contribution in [0, 0.1) is 6.92 Å². The fraction of sp³-hybridized carbons (Fsp3) is 0.333. The highest BCUT2D eigenvalue weighted by Gasteiger charge is 2.18. The summed E-state index contributed by atoms with van der Waals surface area (Å²) in [7, 11) is 1.34. The third kappa shape index (κ3) is 2.82. The second kappa shape index (κ2) is 5.77. The van der Waals surface area contributed by atoms with Crippen LogP contribution >= 0.6 is 0 Å². The van der Waals surface area contributed by atoms with Crippen molar-refractivity contribution >= 4 is 5.97 Å². The average molecular weight is 274 g/mol. The van der Waals surface area contributed by atoms with Crippen molar-refractivity contribution < 1.29 is 14.3 Å². The van der Waals surface area contributed by atoms with Gasteiger partial charge in [0.25, 0.3) is 0 Å². The Labute approximate surface area is 117 Å². The maximum absolute atomic E-state index is 11.6. The minimum absolute atomic E-state index is 0.0623. The lowest BCUT2D eigenvalue weighted by Gasteiger charge is -2.12. The Bertz CT molecular complexity index is 617. The number of aryl methyl sites for hydroxylation is 1. The summed E-state index contributed by atoms with van der Waals surface area (Å²) < 4.78 is 10.5. The van der Waals surface area contributed by atoms with E-state index in [1.807, 2.05) is 38.1 Å². The van der Waals surface area contributed by atoms with Gasteiger partial charge in [0.15, 0.2) is 5.69 Å². The number of aromatic amines is 1. The molecule has 1 aromatic heterocycles. The van der Waals surface area contributed by atoms with Gasteiger partial charge in [-0.1, -0.05) is 12.1 Å². The number of carbonyl (C=O) groups is 1. The van der Waals surface area contributed by atoms with Gasteiger partial charge in [0.05, 0.1) is 18.8 Å². The topological polar surface area (TPSA) is 64.2 Å². The SMILES string of the molecule is COC(=O)c1nc(-c2ccccc2OC(C)C)[nH]c1C. The molecule has 2 aromatic rings. The standard InChI is InChI=1S/C15H18N2O3/c1-9(2)20-12-8-6-5-7-11(12)14-16-10(3)13(17-14)15(18)19-4/h5-9H,1-4H3,(H,16,17). The highest BCUT2D eigenvalue weighted by molar-refractivity contribution is 5.89. The predicted octanol–water partition coefficient (Wildman–Crippen LogP) is 2.96. The minimum atomic E-state index is -0.452. The Kier molecular flexibility index (Phi) is 4.08. The van der Waals surface area contributed by atoms with Gasteiger partial charge in [0.1, 0.15) is 11.6 Å². The van der Waals surface area contributed by atoms with Crippen molar-refractivity contribution in [1.29, 1.82) is 0 Å². The van der Waals surface area contributed by atoms with Crippen LogP contribution in [0.3, 0.4) is 0 Å². The Morgan fingerprint density at radius 3 is 2.65 bits per heavy atom. The van der Waals surface area contributed by atoms with Crippen molar-refractivity contribution in [2.75, 3.05) is 7.11 Å². The van der Waals surface area contributed by atoms with Crippen LogP contribution in [-0.4, -0.2) is 29.2 Å². The first-order chi connectivity index (χ1) is 9.52. The van der Waals surface area contributed by atoms with E-state index in [0.29, 0.717) is 17.2 Å². The minimum Gasteiger partial charge on any atom is -0.490 e. The van der Waals surface area contributed by atoms with E-state index in [9.17, 15) is 4.79 Å². The van der Waals surface area contributed by atoms with Crippen LogP contribution in [0.4, 0.5) is 0 Å². The summed E-state index contributed by atoms with van der Waals surface area (Å²) in [6.45, 7) is 5.71. The second-order valence-corrected chi connectivity index (χ2v) is 4.71. The van der Waals surface area contributed by atoms with E-state index < -0.39 is 5.97 Å². The lowest BCUT2D eigenvalue weighted by atomic mass is 10.2. The first-order valence-corrected chi connectivity index (χ1v) is 6.44. The Balaban J connectivity index is 2.44. The van der Waals surface area contributed by atoms with E-state index >= 15 is 0 Å². The zero-order valence-electron chi connectivity index (χ0n) is 12.1. The molecule has 0 saturated heterocycles. The van der Waals surface area contributed by atoms with Gasteiger partial charge in [0.2, 0.25) is 0 Å². The molecule has 0 radical (unpaired) electrons. The van der Waals surface area contributed by atoms with Gasteiger partial charge in [0, 0.05) is 5.69 Å². The summed E-state index contributed by atoms with van der Waals surface area (Å²) >= 11 is 0. The first kappa shape index (κ1) is 14.1. The van der Waals surface area contributed by atoms with Crippen LogP contribution in [0.25, 0.3) is 11.4 Å². The molecule has 0 amide bonds. The van der Waals surface area contributed by atoms with Crippen LogP contribution in [0.2, 0.25) is 0 Å². The number of imidazole rings is 1. The number of methoxy groups -OCH3 is 1. The van der Waals surface area contributed by atoms with E-state index in [-0.39, 0.29) is 6.10 Å². The fourth-order valence-corrected chi connectivity index (χ4v) is 1.90. The van der Waals surface area contributed by atoms with Crippen LogP contribution in [0.1, 0.15) is 30.0 Å². The van der Waals surface area contributed by atoms with Gasteiger partial charge >= 0.3 is 5.97 Å². The average Bonchev–Trinajstić information content (AvgIpc) is 2.80. The number of benzene rings is 1. The van der Waals surface area contributed by atoms with E-state index in [2.05, 4.69) is 9.97 Å². The highest BCUT2D eigenvalue weighted by atomic mass is 16.5. The molecule has 2 rings (SSSR count). The number of para-hydroxylation sites is 1. The molecule has 0 bridgehead atoms. The fourth-order valence-electron chi connectivity index (χ4n) is 1.90. The maximum Gasteiger partial charge on any atom is 0.358 e. The molecule has 0 aliphatic heterocycles. The number of hydrogen-bond donors (Lipinski definition) is 1. The molecule has 0 saturated carbocycles. The predicted molar refractivity (Wildman–Crippen MR) is 75.9 cm³/mol. The van der Waals surface area contributed by atoms with Gasteiger partial charge in [-0.05, 0) is 32.9 Å². The molecule has 0 aliphatic carbocycles. The van der Waals surface area contributed by atoms with Gasteiger partial charge in [-0.3, -0.25) is 0 Å². The van der Waals surface area contributed by atoms with Crippen molar-refractivity contribution in [3.8, 4) is 17.1 Å². The number of hydrogen-bond acceptors (Lipinski definition) is 4. The number of rotatable bonds is 4. The molecule has 1 aromatic carbocycles. The van der Waals surface area contributed by atoms with Crippen molar-refractivity contribution in [2.45, 2.75) is 26.9 Å². The number of H-pyrrole nitrogens is 1. The molecule has 1 heterocycles. The Morgan fingerprint density at radius 2 is 2.00 bits per heavy atom. The number of esters is 1. The van der Waals surface area contributed by atoms with Gasteiger partial charge in [-0.2, -0.15) is 0 Å².